The second kappa shape index (κ2) is 3.87. The smallest absolute Gasteiger partial charge is 0.406 e. The molecule has 2 nitrogen and oxygen atoms in total. The zero-order chi connectivity index (χ0) is 12.6. The lowest BCUT2D eigenvalue weighted by Crippen LogP contribution is -2.17. The van der Waals surface area contributed by atoms with Gasteiger partial charge in [-0.2, -0.15) is 4.39 Å². The first-order valence-corrected chi connectivity index (χ1v) is 4.68. The Labute approximate surface area is 93.8 Å². The Balaban J connectivity index is 2.51. The molecule has 0 radical (unpaired) electrons. The van der Waals surface area contributed by atoms with E-state index in [4.69, 9.17) is 0 Å². The van der Waals surface area contributed by atoms with Crippen LogP contribution in [0.5, 0.6) is 5.75 Å². The summed E-state index contributed by atoms with van der Waals surface area (Å²) in [6.45, 7) is 1.52. The quantitative estimate of drug-likeness (QED) is 0.566. The molecule has 0 N–H and O–H groups in total. The predicted molar refractivity (Wildman–Crippen MR) is 53.1 cm³/mol. The first-order valence-electron chi connectivity index (χ1n) is 4.68. The molecule has 0 bridgehead atoms. The van der Waals surface area contributed by atoms with Crippen LogP contribution < -0.4 is 4.74 Å². The van der Waals surface area contributed by atoms with Crippen LogP contribution in [0.15, 0.2) is 24.3 Å². The molecule has 2 aromatic rings. The van der Waals surface area contributed by atoms with Gasteiger partial charge < -0.3 is 4.74 Å². The Morgan fingerprint density at radius 2 is 1.88 bits per heavy atom. The highest BCUT2D eigenvalue weighted by Crippen LogP contribution is 2.27. The standard InChI is InChI=1S/C11H7F4NO/c1-6-9-5-8(17-11(13,14)15)3-2-7(9)4-10(12)16-6/h2-5H,1H3. The molecular formula is C11H7F4NO. The molecule has 0 unspecified atom stereocenters. The molecule has 0 aliphatic heterocycles. The van der Waals surface area contributed by atoms with Gasteiger partial charge in [-0.25, -0.2) is 4.98 Å². The van der Waals surface area contributed by atoms with Gasteiger partial charge in [-0.1, -0.05) is 6.07 Å². The number of aromatic nitrogens is 1. The second-order valence-corrected chi connectivity index (χ2v) is 3.46. The van der Waals surface area contributed by atoms with Crippen LogP contribution in [0.25, 0.3) is 10.8 Å². The number of rotatable bonds is 1. The predicted octanol–water partition coefficient (Wildman–Crippen LogP) is 3.58. The average Bonchev–Trinajstić information content (AvgIpc) is 2.16. The molecule has 0 amide bonds. The average molecular weight is 245 g/mol. The molecule has 1 heterocycles. The molecule has 1 aromatic heterocycles. The largest absolute Gasteiger partial charge is 0.573 e. The normalized spacial score (nSPS) is 11.8. The van der Waals surface area contributed by atoms with Crippen molar-refractivity contribution >= 4 is 10.8 Å². The number of halogens is 4. The van der Waals surface area contributed by atoms with E-state index in [-0.39, 0.29) is 5.75 Å². The summed E-state index contributed by atoms with van der Waals surface area (Å²) in [4.78, 5) is 3.54. The van der Waals surface area contributed by atoms with E-state index in [1.165, 1.54) is 19.1 Å². The molecule has 0 spiro atoms. The van der Waals surface area contributed by atoms with E-state index in [0.29, 0.717) is 16.5 Å². The van der Waals surface area contributed by atoms with Gasteiger partial charge in [0.15, 0.2) is 0 Å². The fourth-order valence-electron chi connectivity index (χ4n) is 1.55. The number of alkyl halides is 3. The molecule has 0 aliphatic carbocycles. The molecule has 0 atom stereocenters. The van der Waals surface area contributed by atoms with E-state index in [2.05, 4.69) is 9.72 Å². The van der Waals surface area contributed by atoms with Gasteiger partial charge in [-0.15, -0.1) is 13.2 Å². The van der Waals surface area contributed by atoms with Crippen LogP contribution in [-0.4, -0.2) is 11.3 Å². The maximum Gasteiger partial charge on any atom is 0.573 e. The summed E-state index contributed by atoms with van der Waals surface area (Å²) >= 11 is 0. The molecule has 0 saturated carbocycles. The lowest BCUT2D eigenvalue weighted by Gasteiger charge is -2.10. The molecule has 1 aromatic carbocycles. The molecule has 90 valence electrons. The van der Waals surface area contributed by atoms with Crippen molar-refractivity contribution in [2.75, 3.05) is 0 Å². The van der Waals surface area contributed by atoms with E-state index in [1.54, 1.807) is 0 Å². The Bertz CT molecular complexity index is 565. The van der Waals surface area contributed by atoms with Crippen LogP contribution in [-0.2, 0) is 0 Å². The minimum Gasteiger partial charge on any atom is -0.406 e. The van der Waals surface area contributed by atoms with Crippen molar-refractivity contribution in [3.05, 3.63) is 35.9 Å². The number of hydrogen-bond acceptors (Lipinski definition) is 2. The number of hydrogen-bond donors (Lipinski definition) is 0. The number of pyridine rings is 1. The number of ether oxygens (including phenoxy) is 1. The van der Waals surface area contributed by atoms with Crippen LogP contribution in [0.1, 0.15) is 5.69 Å². The topological polar surface area (TPSA) is 22.1 Å². The summed E-state index contributed by atoms with van der Waals surface area (Å²) in [5, 5.41) is 0.901. The Morgan fingerprint density at radius 3 is 2.53 bits per heavy atom. The van der Waals surface area contributed by atoms with E-state index in [9.17, 15) is 17.6 Å². The molecule has 0 saturated heterocycles. The van der Waals surface area contributed by atoms with Gasteiger partial charge in [0.1, 0.15) is 5.75 Å². The summed E-state index contributed by atoms with van der Waals surface area (Å²) in [6.07, 6.45) is -4.74. The van der Waals surface area contributed by atoms with Crippen LogP contribution in [0, 0.1) is 12.9 Å². The van der Waals surface area contributed by atoms with Crippen molar-refractivity contribution in [3.63, 3.8) is 0 Å². The highest BCUT2D eigenvalue weighted by atomic mass is 19.4. The van der Waals surface area contributed by atoms with Crippen molar-refractivity contribution in [3.8, 4) is 5.75 Å². The van der Waals surface area contributed by atoms with Crippen molar-refractivity contribution in [1.82, 2.24) is 4.98 Å². The molecule has 17 heavy (non-hydrogen) atoms. The highest BCUT2D eigenvalue weighted by molar-refractivity contribution is 5.85. The SMILES string of the molecule is Cc1nc(F)cc2ccc(OC(F)(F)F)cc12. The van der Waals surface area contributed by atoms with Crippen molar-refractivity contribution in [1.29, 1.82) is 0 Å². The van der Waals surface area contributed by atoms with Gasteiger partial charge in [-0.05, 0) is 24.4 Å². The van der Waals surface area contributed by atoms with Crippen LogP contribution >= 0.6 is 0 Å². The second-order valence-electron chi connectivity index (χ2n) is 3.46. The molecule has 6 heteroatoms. The first kappa shape index (κ1) is 11.6. The van der Waals surface area contributed by atoms with Crippen molar-refractivity contribution < 1.29 is 22.3 Å². The Kier molecular flexibility index (Phi) is 2.65. The van der Waals surface area contributed by atoms with Crippen molar-refractivity contribution in [2.24, 2.45) is 0 Å². The lowest BCUT2D eigenvalue weighted by atomic mass is 10.1. The van der Waals surface area contributed by atoms with Crippen LogP contribution in [0.2, 0.25) is 0 Å². The lowest BCUT2D eigenvalue weighted by molar-refractivity contribution is -0.274. The monoisotopic (exact) mass is 245 g/mol. The third-order valence-electron chi connectivity index (χ3n) is 2.20. The van der Waals surface area contributed by atoms with Crippen molar-refractivity contribution in [2.45, 2.75) is 13.3 Å². The van der Waals surface area contributed by atoms with E-state index in [0.717, 1.165) is 12.1 Å². The number of aryl methyl sites for hydroxylation is 1. The van der Waals surface area contributed by atoms with Crippen LogP contribution in [0.4, 0.5) is 17.6 Å². The fourth-order valence-corrected chi connectivity index (χ4v) is 1.55. The third-order valence-corrected chi connectivity index (χ3v) is 2.20. The van der Waals surface area contributed by atoms with Gasteiger partial charge in [0.05, 0.1) is 0 Å². The number of benzene rings is 1. The minimum absolute atomic E-state index is 0.313. The minimum atomic E-state index is -4.74. The molecule has 0 aliphatic rings. The van der Waals surface area contributed by atoms with Gasteiger partial charge in [0.2, 0.25) is 5.95 Å². The van der Waals surface area contributed by atoms with Gasteiger partial charge in [0.25, 0.3) is 0 Å². The van der Waals surface area contributed by atoms with E-state index in [1.807, 2.05) is 0 Å². The summed E-state index contributed by atoms with van der Waals surface area (Å²) in [5.74, 6) is -1.01. The molecule has 2 rings (SSSR count). The number of fused-ring (bicyclic) bond motifs is 1. The highest BCUT2D eigenvalue weighted by Gasteiger charge is 2.31. The Morgan fingerprint density at radius 1 is 1.18 bits per heavy atom. The Hall–Kier alpha value is -1.85. The fraction of sp³-hybridized carbons (Fsp3) is 0.182. The zero-order valence-corrected chi connectivity index (χ0v) is 8.68. The van der Waals surface area contributed by atoms with Crippen LogP contribution in [0.3, 0.4) is 0 Å². The summed E-state index contributed by atoms with van der Waals surface area (Å²) in [5.41, 5.74) is 0.313. The van der Waals surface area contributed by atoms with E-state index < -0.39 is 12.3 Å². The van der Waals surface area contributed by atoms with E-state index >= 15 is 0 Å². The third kappa shape index (κ3) is 2.64. The molecular weight excluding hydrogens is 238 g/mol. The van der Waals surface area contributed by atoms with Gasteiger partial charge >= 0.3 is 6.36 Å². The zero-order valence-electron chi connectivity index (χ0n) is 8.68. The molecule has 0 fully saturated rings. The number of nitrogens with zero attached hydrogens (tertiary/aromatic N) is 1. The maximum absolute atomic E-state index is 12.9. The maximum atomic E-state index is 12.9. The summed E-state index contributed by atoms with van der Waals surface area (Å²) in [7, 11) is 0. The van der Waals surface area contributed by atoms with Gasteiger partial charge in [-0.3, -0.25) is 0 Å². The summed E-state index contributed by atoms with van der Waals surface area (Å²) < 4.78 is 52.7. The van der Waals surface area contributed by atoms with Gasteiger partial charge in [0, 0.05) is 17.1 Å². The first-order chi connectivity index (χ1) is 7.85. The summed E-state index contributed by atoms with van der Waals surface area (Å²) in [6, 6.07) is 4.83.